The number of methoxy groups -OCH3 is 1. The molecule has 4 heteroatoms. The molecule has 0 spiro atoms. The van der Waals surface area contributed by atoms with Gasteiger partial charge in [-0.3, -0.25) is 4.79 Å². The van der Waals surface area contributed by atoms with E-state index in [1.165, 1.54) is 7.11 Å². The van der Waals surface area contributed by atoms with E-state index in [4.69, 9.17) is 16.3 Å². The van der Waals surface area contributed by atoms with E-state index in [0.717, 1.165) is 18.4 Å². The van der Waals surface area contributed by atoms with Crippen molar-refractivity contribution >= 4 is 17.6 Å². The Morgan fingerprint density at radius 2 is 2.00 bits per heavy atom. The third-order valence-electron chi connectivity index (χ3n) is 3.43. The molecule has 0 heterocycles. The van der Waals surface area contributed by atoms with Gasteiger partial charge >= 0.3 is 5.97 Å². The van der Waals surface area contributed by atoms with E-state index in [0.29, 0.717) is 5.02 Å². The van der Waals surface area contributed by atoms with Crippen LogP contribution >= 0.6 is 11.6 Å². The minimum absolute atomic E-state index is 0.00721. The van der Waals surface area contributed by atoms with Crippen molar-refractivity contribution in [1.82, 2.24) is 5.32 Å². The zero-order chi connectivity index (χ0) is 12.5. The van der Waals surface area contributed by atoms with Gasteiger partial charge in [-0.25, -0.2) is 0 Å². The molecule has 1 atom stereocenters. The zero-order valence-electron chi connectivity index (χ0n) is 10.00. The molecule has 17 heavy (non-hydrogen) atoms. The Hall–Kier alpha value is -1.06. The summed E-state index contributed by atoms with van der Waals surface area (Å²) in [5.74, 6) is -0.133. The van der Waals surface area contributed by atoms with E-state index in [1.54, 1.807) is 0 Å². The van der Waals surface area contributed by atoms with Gasteiger partial charge in [-0.1, -0.05) is 23.7 Å². The van der Waals surface area contributed by atoms with Crippen molar-refractivity contribution in [2.75, 3.05) is 14.2 Å². The number of esters is 1. The van der Waals surface area contributed by atoms with Gasteiger partial charge in [0.15, 0.2) is 0 Å². The van der Waals surface area contributed by atoms with Crippen molar-refractivity contribution in [3.63, 3.8) is 0 Å². The molecule has 1 unspecified atom stereocenters. The Morgan fingerprint density at radius 1 is 1.41 bits per heavy atom. The number of nitrogens with one attached hydrogen (secondary N) is 1. The van der Waals surface area contributed by atoms with Gasteiger partial charge in [0.2, 0.25) is 0 Å². The minimum atomic E-state index is -0.392. The molecular formula is C13H16ClNO2. The molecule has 0 aromatic heterocycles. The van der Waals surface area contributed by atoms with Gasteiger partial charge in [0.05, 0.1) is 12.5 Å². The number of carbonyl (C=O) groups is 1. The highest BCUT2D eigenvalue weighted by Gasteiger charge is 2.56. The SMILES string of the molecule is CNC(c1ccc(Cl)cc1)C1(C(=O)OC)CC1. The van der Waals surface area contributed by atoms with Crippen LogP contribution in [0.15, 0.2) is 24.3 Å². The molecule has 1 aliphatic rings. The first kappa shape index (κ1) is 12.4. The maximum absolute atomic E-state index is 11.8. The first-order valence-corrected chi connectivity index (χ1v) is 6.03. The molecule has 0 bridgehead atoms. The molecule has 1 aromatic carbocycles. The highest BCUT2D eigenvalue weighted by atomic mass is 35.5. The highest BCUT2D eigenvalue weighted by molar-refractivity contribution is 6.30. The Kier molecular flexibility index (Phi) is 3.40. The van der Waals surface area contributed by atoms with Crippen molar-refractivity contribution in [2.45, 2.75) is 18.9 Å². The number of ether oxygens (including phenoxy) is 1. The second kappa shape index (κ2) is 4.67. The average molecular weight is 254 g/mol. The molecular weight excluding hydrogens is 238 g/mol. The van der Waals surface area contributed by atoms with Crippen molar-refractivity contribution in [2.24, 2.45) is 5.41 Å². The van der Waals surface area contributed by atoms with Crippen LogP contribution in [0.25, 0.3) is 0 Å². The third-order valence-corrected chi connectivity index (χ3v) is 3.68. The molecule has 3 nitrogen and oxygen atoms in total. The molecule has 1 fully saturated rings. The van der Waals surface area contributed by atoms with Crippen LogP contribution in [0.5, 0.6) is 0 Å². The lowest BCUT2D eigenvalue weighted by atomic mass is 9.90. The summed E-state index contributed by atoms with van der Waals surface area (Å²) in [7, 11) is 3.30. The molecule has 2 rings (SSSR count). The number of hydrogen-bond donors (Lipinski definition) is 1. The monoisotopic (exact) mass is 253 g/mol. The van der Waals surface area contributed by atoms with Crippen LogP contribution in [0.3, 0.4) is 0 Å². The van der Waals surface area contributed by atoms with Crippen LogP contribution in [0.1, 0.15) is 24.4 Å². The Labute approximate surface area is 106 Å². The fraction of sp³-hybridized carbons (Fsp3) is 0.462. The summed E-state index contributed by atoms with van der Waals surface area (Å²) in [5.41, 5.74) is 0.678. The Balaban J connectivity index is 2.28. The van der Waals surface area contributed by atoms with Crippen LogP contribution in [0.2, 0.25) is 5.02 Å². The zero-order valence-corrected chi connectivity index (χ0v) is 10.8. The van der Waals surface area contributed by atoms with E-state index in [9.17, 15) is 4.79 Å². The van der Waals surface area contributed by atoms with Gasteiger partial charge in [0.1, 0.15) is 0 Å². The van der Waals surface area contributed by atoms with E-state index < -0.39 is 5.41 Å². The normalized spacial score (nSPS) is 18.5. The van der Waals surface area contributed by atoms with Crippen molar-refractivity contribution < 1.29 is 9.53 Å². The summed E-state index contributed by atoms with van der Waals surface area (Å²) in [6.07, 6.45) is 1.74. The Bertz CT molecular complexity index is 412. The molecule has 1 aromatic rings. The smallest absolute Gasteiger partial charge is 0.313 e. The topological polar surface area (TPSA) is 38.3 Å². The molecule has 1 N–H and O–H groups in total. The van der Waals surface area contributed by atoms with Gasteiger partial charge in [0, 0.05) is 11.1 Å². The minimum Gasteiger partial charge on any atom is -0.469 e. The first-order valence-electron chi connectivity index (χ1n) is 5.65. The summed E-state index contributed by atoms with van der Waals surface area (Å²) < 4.78 is 4.90. The quantitative estimate of drug-likeness (QED) is 0.838. The summed E-state index contributed by atoms with van der Waals surface area (Å²) >= 11 is 5.87. The largest absolute Gasteiger partial charge is 0.469 e. The molecule has 0 amide bonds. The van der Waals surface area contributed by atoms with E-state index >= 15 is 0 Å². The molecule has 92 valence electrons. The second-order valence-corrected chi connectivity index (χ2v) is 4.86. The number of carbonyl (C=O) groups excluding carboxylic acids is 1. The maximum Gasteiger partial charge on any atom is 0.313 e. The molecule has 0 saturated heterocycles. The lowest BCUT2D eigenvalue weighted by Crippen LogP contribution is -2.33. The molecule has 1 saturated carbocycles. The third kappa shape index (κ3) is 2.17. The first-order chi connectivity index (χ1) is 8.14. The van der Waals surface area contributed by atoms with E-state index in [-0.39, 0.29) is 12.0 Å². The highest BCUT2D eigenvalue weighted by Crippen LogP contribution is 2.55. The Morgan fingerprint density at radius 3 is 2.41 bits per heavy atom. The van der Waals surface area contributed by atoms with Crippen LogP contribution < -0.4 is 5.32 Å². The fourth-order valence-corrected chi connectivity index (χ4v) is 2.49. The summed E-state index contributed by atoms with van der Waals surface area (Å²) in [6.45, 7) is 0. The second-order valence-electron chi connectivity index (χ2n) is 4.42. The van der Waals surface area contributed by atoms with Crippen molar-refractivity contribution in [3.05, 3.63) is 34.9 Å². The predicted molar refractivity (Wildman–Crippen MR) is 66.9 cm³/mol. The number of benzene rings is 1. The van der Waals surface area contributed by atoms with Gasteiger partial charge < -0.3 is 10.1 Å². The van der Waals surface area contributed by atoms with Crippen LogP contribution in [0, 0.1) is 5.41 Å². The van der Waals surface area contributed by atoms with Crippen LogP contribution in [0.4, 0.5) is 0 Å². The summed E-state index contributed by atoms with van der Waals surface area (Å²) in [5, 5.41) is 3.91. The van der Waals surface area contributed by atoms with Gasteiger partial charge in [-0.15, -0.1) is 0 Å². The van der Waals surface area contributed by atoms with Crippen LogP contribution in [-0.4, -0.2) is 20.1 Å². The van der Waals surface area contributed by atoms with Crippen molar-refractivity contribution in [1.29, 1.82) is 0 Å². The van der Waals surface area contributed by atoms with Crippen LogP contribution in [-0.2, 0) is 9.53 Å². The predicted octanol–water partition coefficient (Wildman–Crippen LogP) is 2.55. The fourth-order valence-electron chi connectivity index (χ4n) is 2.37. The van der Waals surface area contributed by atoms with Gasteiger partial charge in [-0.2, -0.15) is 0 Å². The van der Waals surface area contributed by atoms with E-state index in [2.05, 4.69) is 5.32 Å². The standard InChI is InChI=1S/C13H16ClNO2/c1-15-11(9-3-5-10(14)6-4-9)13(7-8-13)12(16)17-2/h3-6,11,15H,7-8H2,1-2H3. The average Bonchev–Trinajstić information content (AvgIpc) is 3.13. The summed E-state index contributed by atoms with van der Waals surface area (Å²) in [6, 6.07) is 7.58. The maximum atomic E-state index is 11.8. The summed E-state index contributed by atoms with van der Waals surface area (Å²) in [4.78, 5) is 11.8. The van der Waals surface area contributed by atoms with Gasteiger partial charge in [-0.05, 0) is 37.6 Å². The lowest BCUT2D eigenvalue weighted by Gasteiger charge is -2.25. The lowest BCUT2D eigenvalue weighted by molar-refractivity contribution is -0.148. The van der Waals surface area contributed by atoms with E-state index in [1.807, 2.05) is 31.3 Å². The van der Waals surface area contributed by atoms with Gasteiger partial charge in [0.25, 0.3) is 0 Å². The van der Waals surface area contributed by atoms with Crippen molar-refractivity contribution in [3.8, 4) is 0 Å². The number of hydrogen-bond acceptors (Lipinski definition) is 3. The number of halogens is 1. The molecule has 0 aliphatic heterocycles. The number of rotatable bonds is 4. The molecule has 0 radical (unpaired) electrons. The molecule has 1 aliphatic carbocycles.